The summed E-state index contributed by atoms with van der Waals surface area (Å²) in [7, 11) is 4.09. The van der Waals surface area contributed by atoms with Gasteiger partial charge in [-0.1, -0.05) is 11.2 Å². The van der Waals surface area contributed by atoms with Crippen molar-refractivity contribution < 1.29 is 5.21 Å². The summed E-state index contributed by atoms with van der Waals surface area (Å²) in [5, 5.41) is 14.8. The maximum atomic E-state index is 8.42. The second-order valence-corrected chi connectivity index (χ2v) is 4.87. The first kappa shape index (κ1) is 15.1. The SMILES string of the molecule is Cc1ccc(NCCCC/C(N)=N/O)cc1N(C)C. The van der Waals surface area contributed by atoms with Crippen LogP contribution in [0.3, 0.4) is 0 Å². The number of hydrogen-bond donors (Lipinski definition) is 3. The summed E-state index contributed by atoms with van der Waals surface area (Å²) in [5.74, 6) is 0.297. The fourth-order valence-electron chi connectivity index (χ4n) is 1.92. The number of rotatable bonds is 7. The molecule has 0 heterocycles. The van der Waals surface area contributed by atoms with E-state index in [9.17, 15) is 0 Å². The number of nitrogens with zero attached hydrogens (tertiary/aromatic N) is 2. The lowest BCUT2D eigenvalue weighted by molar-refractivity contribution is 0.316. The number of anilines is 2. The molecule has 0 radical (unpaired) electrons. The molecular formula is C14H24N4O. The number of oxime groups is 1. The molecule has 0 saturated heterocycles. The molecule has 0 atom stereocenters. The van der Waals surface area contributed by atoms with Crippen molar-refractivity contribution >= 4 is 17.2 Å². The van der Waals surface area contributed by atoms with Crippen LogP contribution in [-0.4, -0.2) is 31.7 Å². The molecule has 0 unspecified atom stereocenters. The lowest BCUT2D eigenvalue weighted by atomic mass is 10.1. The van der Waals surface area contributed by atoms with Gasteiger partial charge < -0.3 is 21.2 Å². The van der Waals surface area contributed by atoms with Crippen molar-refractivity contribution in [3.63, 3.8) is 0 Å². The first-order chi connectivity index (χ1) is 9.04. The summed E-state index contributed by atoms with van der Waals surface area (Å²) in [6, 6.07) is 6.36. The molecule has 1 rings (SSSR count). The van der Waals surface area contributed by atoms with Gasteiger partial charge in [0, 0.05) is 38.4 Å². The Hall–Kier alpha value is -1.91. The zero-order valence-corrected chi connectivity index (χ0v) is 12.0. The summed E-state index contributed by atoms with van der Waals surface area (Å²) >= 11 is 0. The topological polar surface area (TPSA) is 73.9 Å². The highest BCUT2D eigenvalue weighted by Crippen LogP contribution is 2.22. The summed E-state index contributed by atoms with van der Waals surface area (Å²) < 4.78 is 0. The fourth-order valence-corrected chi connectivity index (χ4v) is 1.92. The van der Waals surface area contributed by atoms with E-state index in [1.54, 1.807) is 0 Å². The van der Waals surface area contributed by atoms with Gasteiger partial charge in [-0.25, -0.2) is 0 Å². The molecule has 0 aliphatic heterocycles. The number of hydrogen-bond acceptors (Lipinski definition) is 4. The van der Waals surface area contributed by atoms with E-state index in [0.29, 0.717) is 12.3 Å². The van der Waals surface area contributed by atoms with Crippen LogP contribution in [0, 0.1) is 6.92 Å². The Labute approximate surface area is 115 Å². The Morgan fingerprint density at radius 3 is 2.74 bits per heavy atom. The van der Waals surface area contributed by atoms with Crippen molar-refractivity contribution in [3.8, 4) is 0 Å². The molecule has 19 heavy (non-hydrogen) atoms. The van der Waals surface area contributed by atoms with Gasteiger partial charge in [-0.3, -0.25) is 0 Å². The molecule has 0 bridgehead atoms. The summed E-state index contributed by atoms with van der Waals surface area (Å²) in [6.07, 6.45) is 2.53. The van der Waals surface area contributed by atoms with Gasteiger partial charge in [0.05, 0.1) is 0 Å². The van der Waals surface area contributed by atoms with Gasteiger partial charge in [-0.05, 0) is 37.5 Å². The van der Waals surface area contributed by atoms with Crippen LogP contribution in [0.1, 0.15) is 24.8 Å². The molecule has 0 saturated carbocycles. The van der Waals surface area contributed by atoms with E-state index in [1.807, 2.05) is 14.1 Å². The van der Waals surface area contributed by atoms with Crippen molar-refractivity contribution in [3.05, 3.63) is 23.8 Å². The predicted octanol–water partition coefficient (Wildman–Crippen LogP) is 2.39. The minimum absolute atomic E-state index is 0.297. The highest BCUT2D eigenvalue weighted by Gasteiger charge is 2.02. The highest BCUT2D eigenvalue weighted by atomic mass is 16.4. The average molecular weight is 264 g/mol. The van der Waals surface area contributed by atoms with Crippen molar-refractivity contribution in [2.75, 3.05) is 30.9 Å². The van der Waals surface area contributed by atoms with Gasteiger partial charge in [0.2, 0.25) is 0 Å². The van der Waals surface area contributed by atoms with E-state index in [0.717, 1.165) is 25.1 Å². The van der Waals surface area contributed by atoms with Crippen molar-refractivity contribution in [2.45, 2.75) is 26.2 Å². The van der Waals surface area contributed by atoms with E-state index in [4.69, 9.17) is 10.9 Å². The number of unbranched alkanes of at least 4 members (excludes halogenated alkanes) is 1. The standard InChI is InChI=1S/C14H24N4O/c1-11-7-8-12(10-13(11)18(2)3)16-9-5-4-6-14(15)17-19/h7-8,10,16,19H,4-6,9H2,1-3H3,(H2,15,17). The normalized spacial score (nSPS) is 11.4. The second kappa shape index (κ2) is 7.51. The molecular weight excluding hydrogens is 240 g/mol. The molecule has 0 aliphatic carbocycles. The zero-order valence-electron chi connectivity index (χ0n) is 12.0. The fraction of sp³-hybridized carbons (Fsp3) is 0.500. The Morgan fingerprint density at radius 1 is 1.37 bits per heavy atom. The minimum Gasteiger partial charge on any atom is -0.409 e. The molecule has 0 spiro atoms. The largest absolute Gasteiger partial charge is 0.409 e. The van der Waals surface area contributed by atoms with Crippen molar-refractivity contribution in [2.24, 2.45) is 10.9 Å². The third kappa shape index (κ3) is 5.07. The van der Waals surface area contributed by atoms with E-state index >= 15 is 0 Å². The average Bonchev–Trinajstić information content (AvgIpc) is 2.39. The molecule has 0 aromatic heterocycles. The van der Waals surface area contributed by atoms with E-state index in [-0.39, 0.29) is 0 Å². The van der Waals surface area contributed by atoms with Crippen LogP contribution in [0.4, 0.5) is 11.4 Å². The van der Waals surface area contributed by atoms with E-state index in [1.165, 1.54) is 11.3 Å². The molecule has 1 aromatic rings. The van der Waals surface area contributed by atoms with Crippen LogP contribution in [0.15, 0.2) is 23.4 Å². The van der Waals surface area contributed by atoms with Gasteiger partial charge in [0.15, 0.2) is 0 Å². The Morgan fingerprint density at radius 2 is 2.11 bits per heavy atom. The Bertz CT molecular complexity index is 429. The van der Waals surface area contributed by atoms with E-state index in [2.05, 4.69) is 40.5 Å². The molecule has 4 N–H and O–H groups in total. The number of nitrogens with two attached hydrogens (primary N) is 1. The maximum absolute atomic E-state index is 8.42. The molecule has 5 heteroatoms. The summed E-state index contributed by atoms with van der Waals surface area (Å²) in [5.41, 5.74) is 9.02. The van der Waals surface area contributed by atoms with Crippen LogP contribution < -0.4 is 16.0 Å². The highest BCUT2D eigenvalue weighted by molar-refractivity contribution is 5.79. The Balaban J connectivity index is 2.39. The van der Waals surface area contributed by atoms with Gasteiger partial charge in [-0.2, -0.15) is 0 Å². The molecule has 1 aromatic carbocycles. The third-order valence-corrected chi connectivity index (χ3v) is 3.01. The monoisotopic (exact) mass is 264 g/mol. The minimum atomic E-state index is 0.297. The molecule has 0 aliphatic rings. The van der Waals surface area contributed by atoms with Gasteiger partial charge >= 0.3 is 0 Å². The number of aryl methyl sites for hydroxylation is 1. The lowest BCUT2D eigenvalue weighted by Gasteiger charge is -2.17. The number of nitrogens with one attached hydrogen (secondary N) is 1. The first-order valence-corrected chi connectivity index (χ1v) is 6.53. The smallest absolute Gasteiger partial charge is 0.139 e. The van der Waals surface area contributed by atoms with Gasteiger partial charge in [0.1, 0.15) is 5.84 Å². The first-order valence-electron chi connectivity index (χ1n) is 6.53. The predicted molar refractivity (Wildman–Crippen MR) is 81.3 cm³/mol. The Kier molecular flexibility index (Phi) is 5.99. The lowest BCUT2D eigenvalue weighted by Crippen LogP contribution is -2.12. The van der Waals surface area contributed by atoms with Crippen LogP contribution in [-0.2, 0) is 0 Å². The second-order valence-electron chi connectivity index (χ2n) is 4.87. The van der Waals surface area contributed by atoms with E-state index < -0.39 is 0 Å². The number of benzene rings is 1. The summed E-state index contributed by atoms with van der Waals surface area (Å²) in [4.78, 5) is 2.11. The van der Waals surface area contributed by atoms with Crippen molar-refractivity contribution in [1.82, 2.24) is 0 Å². The molecule has 0 fully saturated rings. The summed E-state index contributed by atoms with van der Waals surface area (Å²) in [6.45, 7) is 2.99. The van der Waals surface area contributed by atoms with Crippen LogP contribution in [0.5, 0.6) is 0 Å². The van der Waals surface area contributed by atoms with Crippen LogP contribution in [0.2, 0.25) is 0 Å². The zero-order chi connectivity index (χ0) is 14.3. The van der Waals surface area contributed by atoms with Crippen LogP contribution >= 0.6 is 0 Å². The molecule has 0 amide bonds. The van der Waals surface area contributed by atoms with Gasteiger partial charge in [-0.15, -0.1) is 0 Å². The molecule has 106 valence electrons. The molecule has 5 nitrogen and oxygen atoms in total. The number of amidine groups is 1. The quantitative estimate of drug-likeness (QED) is 0.232. The maximum Gasteiger partial charge on any atom is 0.139 e. The van der Waals surface area contributed by atoms with Gasteiger partial charge in [0.25, 0.3) is 0 Å². The third-order valence-electron chi connectivity index (χ3n) is 3.01. The van der Waals surface area contributed by atoms with Crippen LogP contribution in [0.25, 0.3) is 0 Å². The van der Waals surface area contributed by atoms with Crippen molar-refractivity contribution in [1.29, 1.82) is 0 Å².